The molecular formula is C21H23N3O3. The zero-order valence-corrected chi connectivity index (χ0v) is 15.1. The van der Waals surface area contributed by atoms with Gasteiger partial charge in [-0.2, -0.15) is 0 Å². The van der Waals surface area contributed by atoms with Crippen LogP contribution in [0.3, 0.4) is 0 Å². The van der Waals surface area contributed by atoms with E-state index in [9.17, 15) is 4.79 Å². The number of rotatable bonds is 5. The molecule has 1 aliphatic rings. The minimum atomic E-state index is -0.498. The minimum absolute atomic E-state index is 0.439. The number of hydroxylamine groups is 1. The lowest BCUT2D eigenvalue weighted by Gasteiger charge is -2.26. The van der Waals surface area contributed by atoms with Crippen LogP contribution in [0.2, 0.25) is 0 Å². The molecule has 0 radical (unpaired) electrons. The maximum atomic E-state index is 11.5. The van der Waals surface area contributed by atoms with E-state index < -0.39 is 5.91 Å². The van der Waals surface area contributed by atoms with Crippen LogP contribution in [0.15, 0.2) is 48.5 Å². The maximum Gasteiger partial charge on any atom is 0.274 e. The number of carbonyl (C=O) groups is 1. The maximum absolute atomic E-state index is 11.5. The van der Waals surface area contributed by atoms with Gasteiger partial charge in [0.05, 0.1) is 13.2 Å². The van der Waals surface area contributed by atoms with E-state index in [2.05, 4.69) is 28.1 Å². The van der Waals surface area contributed by atoms with Gasteiger partial charge in [0.2, 0.25) is 0 Å². The summed E-state index contributed by atoms with van der Waals surface area (Å²) in [6.45, 7) is 4.33. The molecule has 0 unspecified atom stereocenters. The SMILES string of the molecule is O=C(NO)c1ccc(Cc2c(CN3CCOCC3)[nH]c3ccccc23)cc1. The Bertz CT molecular complexity index is 927. The van der Waals surface area contributed by atoms with Crippen molar-refractivity contribution in [3.05, 3.63) is 70.9 Å². The van der Waals surface area contributed by atoms with Crippen molar-refractivity contribution in [2.75, 3.05) is 26.3 Å². The molecule has 1 aromatic heterocycles. The average Bonchev–Trinajstić information content (AvgIpc) is 3.06. The molecule has 6 nitrogen and oxygen atoms in total. The first-order valence-electron chi connectivity index (χ1n) is 9.16. The Morgan fingerprint density at radius 1 is 1.11 bits per heavy atom. The Kier molecular flexibility index (Phi) is 5.20. The van der Waals surface area contributed by atoms with E-state index >= 15 is 0 Å². The van der Waals surface area contributed by atoms with Crippen LogP contribution in [0.25, 0.3) is 10.9 Å². The van der Waals surface area contributed by atoms with Gasteiger partial charge in [0.1, 0.15) is 0 Å². The number of H-pyrrole nitrogens is 1. The third-order valence-electron chi connectivity index (χ3n) is 5.09. The number of fused-ring (bicyclic) bond motifs is 1. The number of aromatic amines is 1. The molecule has 140 valence electrons. The standard InChI is InChI=1S/C21H23N3O3/c25-21(23-26)16-7-5-15(6-8-16)13-18-17-3-1-2-4-19(17)22-20(18)14-24-9-11-27-12-10-24/h1-8,22,26H,9-14H2,(H,23,25). The quantitative estimate of drug-likeness (QED) is 0.480. The van der Waals surface area contributed by atoms with Crippen molar-refractivity contribution in [1.82, 2.24) is 15.4 Å². The van der Waals surface area contributed by atoms with Crippen molar-refractivity contribution >= 4 is 16.8 Å². The number of hydrogen-bond acceptors (Lipinski definition) is 4. The topological polar surface area (TPSA) is 77.6 Å². The molecule has 0 aliphatic carbocycles. The number of hydrogen-bond donors (Lipinski definition) is 3. The zero-order chi connectivity index (χ0) is 18.6. The van der Waals surface area contributed by atoms with Gasteiger partial charge in [0, 0.05) is 41.8 Å². The molecule has 1 saturated heterocycles. The van der Waals surface area contributed by atoms with Crippen molar-refractivity contribution < 1.29 is 14.7 Å². The summed E-state index contributed by atoms with van der Waals surface area (Å²) in [5.41, 5.74) is 6.89. The number of aromatic nitrogens is 1. The fourth-order valence-corrected chi connectivity index (χ4v) is 3.62. The van der Waals surface area contributed by atoms with E-state index in [0.717, 1.165) is 50.3 Å². The van der Waals surface area contributed by atoms with Gasteiger partial charge in [0.25, 0.3) is 5.91 Å². The van der Waals surface area contributed by atoms with Gasteiger partial charge < -0.3 is 9.72 Å². The molecule has 0 spiro atoms. The predicted molar refractivity (Wildman–Crippen MR) is 103 cm³/mol. The van der Waals surface area contributed by atoms with Gasteiger partial charge in [-0.25, -0.2) is 5.48 Å². The largest absolute Gasteiger partial charge is 0.379 e. The summed E-state index contributed by atoms with van der Waals surface area (Å²) < 4.78 is 5.46. The van der Waals surface area contributed by atoms with Crippen molar-refractivity contribution in [2.45, 2.75) is 13.0 Å². The summed E-state index contributed by atoms with van der Waals surface area (Å²) in [5.74, 6) is -0.498. The fraction of sp³-hybridized carbons (Fsp3) is 0.286. The Hall–Kier alpha value is -2.67. The predicted octanol–water partition coefficient (Wildman–Crippen LogP) is 2.71. The van der Waals surface area contributed by atoms with E-state index in [0.29, 0.717) is 5.56 Å². The number of carbonyl (C=O) groups excluding carboxylic acids is 1. The number of nitrogens with zero attached hydrogens (tertiary/aromatic N) is 1. The van der Waals surface area contributed by atoms with Crippen LogP contribution in [-0.2, 0) is 17.7 Å². The number of nitrogens with one attached hydrogen (secondary N) is 2. The molecular weight excluding hydrogens is 342 g/mol. The normalized spacial score (nSPS) is 15.1. The molecule has 2 aromatic carbocycles. The van der Waals surface area contributed by atoms with Gasteiger partial charge in [-0.15, -0.1) is 0 Å². The number of para-hydroxylation sites is 1. The highest BCUT2D eigenvalue weighted by atomic mass is 16.5. The molecule has 3 N–H and O–H groups in total. The third-order valence-corrected chi connectivity index (χ3v) is 5.09. The van der Waals surface area contributed by atoms with Crippen LogP contribution in [0, 0.1) is 0 Å². The zero-order valence-electron chi connectivity index (χ0n) is 15.1. The second-order valence-electron chi connectivity index (χ2n) is 6.83. The lowest BCUT2D eigenvalue weighted by Crippen LogP contribution is -2.36. The molecule has 3 aromatic rings. The van der Waals surface area contributed by atoms with Crippen molar-refractivity contribution in [1.29, 1.82) is 0 Å². The smallest absolute Gasteiger partial charge is 0.274 e. The molecule has 6 heteroatoms. The summed E-state index contributed by atoms with van der Waals surface area (Å²) in [7, 11) is 0. The molecule has 2 heterocycles. The van der Waals surface area contributed by atoms with Crippen molar-refractivity contribution in [2.24, 2.45) is 0 Å². The Morgan fingerprint density at radius 2 is 1.85 bits per heavy atom. The van der Waals surface area contributed by atoms with Gasteiger partial charge in [-0.1, -0.05) is 30.3 Å². The monoisotopic (exact) mass is 365 g/mol. The first-order chi connectivity index (χ1) is 13.2. The summed E-state index contributed by atoms with van der Waals surface area (Å²) >= 11 is 0. The minimum Gasteiger partial charge on any atom is -0.379 e. The molecule has 0 atom stereocenters. The fourth-order valence-electron chi connectivity index (χ4n) is 3.62. The summed E-state index contributed by atoms with van der Waals surface area (Å²) in [4.78, 5) is 17.5. The van der Waals surface area contributed by atoms with E-state index in [1.54, 1.807) is 17.6 Å². The lowest BCUT2D eigenvalue weighted by atomic mass is 10.00. The number of benzene rings is 2. The van der Waals surface area contributed by atoms with E-state index in [-0.39, 0.29) is 0 Å². The van der Waals surface area contributed by atoms with E-state index in [4.69, 9.17) is 9.94 Å². The Labute approximate surface area is 157 Å². The Morgan fingerprint density at radius 3 is 2.59 bits per heavy atom. The van der Waals surface area contributed by atoms with Gasteiger partial charge >= 0.3 is 0 Å². The van der Waals surface area contributed by atoms with Crippen LogP contribution in [-0.4, -0.2) is 47.3 Å². The van der Waals surface area contributed by atoms with Crippen LogP contribution in [0.5, 0.6) is 0 Å². The molecule has 1 aliphatic heterocycles. The summed E-state index contributed by atoms with van der Waals surface area (Å²) in [6, 6.07) is 15.7. The second-order valence-corrected chi connectivity index (χ2v) is 6.83. The van der Waals surface area contributed by atoms with E-state index in [1.807, 2.05) is 18.2 Å². The van der Waals surface area contributed by atoms with Gasteiger partial charge in [-0.3, -0.25) is 14.9 Å². The Balaban J connectivity index is 1.63. The number of ether oxygens (including phenoxy) is 1. The van der Waals surface area contributed by atoms with Crippen LogP contribution < -0.4 is 5.48 Å². The highest BCUT2D eigenvalue weighted by Crippen LogP contribution is 2.26. The highest BCUT2D eigenvalue weighted by Gasteiger charge is 2.17. The number of amides is 1. The van der Waals surface area contributed by atoms with Crippen molar-refractivity contribution in [3.63, 3.8) is 0 Å². The molecule has 0 saturated carbocycles. The number of morpholine rings is 1. The molecule has 0 bridgehead atoms. The molecule has 4 rings (SSSR count). The lowest BCUT2D eigenvalue weighted by molar-refractivity contribution is 0.0336. The first kappa shape index (κ1) is 17.7. The first-order valence-corrected chi connectivity index (χ1v) is 9.16. The average molecular weight is 365 g/mol. The van der Waals surface area contributed by atoms with E-state index in [1.165, 1.54) is 16.6 Å². The van der Waals surface area contributed by atoms with Crippen LogP contribution in [0.4, 0.5) is 0 Å². The molecule has 27 heavy (non-hydrogen) atoms. The summed E-state index contributed by atoms with van der Waals surface area (Å²) in [5, 5.41) is 9.99. The van der Waals surface area contributed by atoms with Crippen LogP contribution >= 0.6 is 0 Å². The third kappa shape index (κ3) is 3.88. The molecule has 1 fully saturated rings. The van der Waals surface area contributed by atoms with Crippen LogP contribution in [0.1, 0.15) is 27.2 Å². The molecule has 1 amide bonds. The van der Waals surface area contributed by atoms with Crippen molar-refractivity contribution in [3.8, 4) is 0 Å². The second kappa shape index (κ2) is 7.92. The summed E-state index contributed by atoms with van der Waals surface area (Å²) in [6.07, 6.45) is 0.782. The van der Waals surface area contributed by atoms with Gasteiger partial charge in [0.15, 0.2) is 0 Å². The highest BCUT2D eigenvalue weighted by molar-refractivity contribution is 5.93. The van der Waals surface area contributed by atoms with Gasteiger partial charge in [-0.05, 0) is 35.7 Å².